The molecular weight excluding hydrogens is 197 g/mol. The first-order chi connectivity index (χ1) is 7.83. The summed E-state index contributed by atoms with van der Waals surface area (Å²) in [6, 6.07) is 15.3. The molecule has 3 aromatic rings. The van der Waals surface area contributed by atoms with Crippen molar-refractivity contribution in [3.05, 3.63) is 48.5 Å². The van der Waals surface area contributed by atoms with E-state index in [1.165, 1.54) is 0 Å². The molecule has 3 rings (SSSR count). The minimum atomic E-state index is 0.707. The normalized spacial score (nSPS) is 10.8. The van der Waals surface area contributed by atoms with Crippen LogP contribution in [0.5, 0.6) is 0 Å². The molecule has 0 bridgehead atoms. The molecule has 3 nitrogen and oxygen atoms in total. The number of nitrogens with zero attached hydrogens (tertiary/aromatic N) is 3. The fraction of sp³-hybridized carbons (Fsp3) is 0. The molecule has 0 fully saturated rings. The van der Waals surface area contributed by atoms with Crippen molar-refractivity contribution in [3.63, 3.8) is 0 Å². The highest BCUT2D eigenvalue weighted by Gasteiger charge is 2.02. The highest BCUT2D eigenvalue weighted by atomic mass is 15.5. The van der Waals surface area contributed by atoms with Crippen LogP contribution in [0.25, 0.3) is 16.7 Å². The van der Waals surface area contributed by atoms with Crippen LogP contribution in [0.3, 0.4) is 0 Å². The summed E-state index contributed by atoms with van der Waals surface area (Å²) < 4.78 is 0. The number of hydrogen-bond acceptors (Lipinski definition) is 2. The molecule has 0 spiro atoms. The van der Waals surface area contributed by atoms with Gasteiger partial charge in [-0.2, -0.15) is 4.80 Å². The molecule has 0 saturated heterocycles. The smallest absolute Gasteiger partial charge is 0.113 e. The van der Waals surface area contributed by atoms with Crippen LogP contribution < -0.4 is 5.46 Å². The van der Waals surface area contributed by atoms with E-state index in [1.807, 2.05) is 48.5 Å². The van der Waals surface area contributed by atoms with Crippen LogP contribution in [0.2, 0.25) is 0 Å². The quantitative estimate of drug-likeness (QED) is 0.559. The van der Waals surface area contributed by atoms with Gasteiger partial charge in [-0.1, -0.05) is 29.7 Å². The molecule has 1 aromatic heterocycles. The van der Waals surface area contributed by atoms with Crippen LogP contribution in [-0.2, 0) is 0 Å². The SMILES string of the molecule is [B]c1cccc(-n2nc3ccccc3n2)c1. The van der Waals surface area contributed by atoms with E-state index in [0.717, 1.165) is 16.7 Å². The summed E-state index contributed by atoms with van der Waals surface area (Å²) in [7, 11) is 5.72. The Hall–Kier alpha value is -2.10. The maximum atomic E-state index is 5.72. The van der Waals surface area contributed by atoms with Crippen molar-refractivity contribution in [2.45, 2.75) is 0 Å². The van der Waals surface area contributed by atoms with Crippen LogP contribution in [0, 0.1) is 0 Å². The highest BCUT2D eigenvalue weighted by molar-refractivity contribution is 6.32. The summed E-state index contributed by atoms with van der Waals surface area (Å²) in [5.74, 6) is 0. The van der Waals surface area contributed by atoms with E-state index in [2.05, 4.69) is 10.2 Å². The minimum Gasteiger partial charge on any atom is -0.150 e. The molecule has 16 heavy (non-hydrogen) atoms. The zero-order valence-corrected chi connectivity index (χ0v) is 8.54. The number of hydrogen-bond donors (Lipinski definition) is 0. The van der Waals surface area contributed by atoms with E-state index < -0.39 is 0 Å². The van der Waals surface area contributed by atoms with Gasteiger partial charge in [0.2, 0.25) is 0 Å². The summed E-state index contributed by atoms with van der Waals surface area (Å²) in [6.07, 6.45) is 0. The average molecular weight is 205 g/mol. The van der Waals surface area contributed by atoms with Crippen LogP contribution in [0.15, 0.2) is 48.5 Å². The number of rotatable bonds is 1. The van der Waals surface area contributed by atoms with Gasteiger partial charge in [0.25, 0.3) is 0 Å². The van der Waals surface area contributed by atoms with Crippen LogP contribution in [-0.4, -0.2) is 22.8 Å². The number of benzene rings is 2. The van der Waals surface area contributed by atoms with Crippen LogP contribution in [0.4, 0.5) is 0 Å². The van der Waals surface area contributed by atoms with Gasteiger partial charge < -0.3 is 0 Å². The Bertz CT molecular complexity index is 612. The molecule has 0 atom stereocenters. The molecule has 74 valence electrons. The molecule has 0 saturated carbocycles. The fourth-order valence-corrected chi connectivity index (χ4v) is 1.62. The third-order valence-electron chi connectivity index (χ3n) is 2.39. The summed E-state index contributed by atoms with van der Waals surface area (Å²) in [5.41, 5.74) is 3.34. The maximum Gasteiger partial charge on any atom is 0.113 e. The van der Waals surface area contributed by atoms with Crippen LogP contribution >= 0.6 is 0 Å². The number of fused-ring (bicyclic) bond motifs is 1. The van der Waals surface area contributed by atoms with Crippen molar-refractivity contribution in [2.75, 3.05) is 0 Å². The minimum absolute atomic E-state index is 0.707. The first-order valence-corrected chi connectivity index (χ1v) is 5.01. The van der Waals surface area contributed by atoms with Crippen LogP contribution in [0.1, 0.15) is 0 Å². The van der Waals surface area contributed by atoms with E-state index in [9.17, 15) is 0 Å². The Morgan fingerprint density at radius 2 is 1.56 bits per heavy atom. The monoisotopic (exact) mass is 205 g/mol. The lowest BCUT2D eigenvalue weighted by Crippen LogP contribution is -2.06. The first-order valence-electron chi connectivity index (χ1n) is 5.01. The second kappa shape index (κ2) is 3.49. The largest absolute Gasteiger partial charge is 0.150 e. The fourth-order valence-electron chi connectivity index (χ4n) is 1.62. The molecule has 0 unspecified atom stereocenters. The maximum absolute atomic E-state index is 5.72. The third kappa shape index (κ3) is 1.48. The Kier molecular flexibility index (Phi) is 1.99. The van der Waals surface area contributed by atoms with Gasteiger partial charge in [0.15, 0.2) is 0 Å². The Balaban J connectivity index is 2.19. The standard InChI is InChI=1S/C12H8BN3/c13-9-4-3-5-10(8-9)16-14-11-6-1-2-7-12(11)15-16/h1-8H. The molecule has 4 heteroatoms. The van der Waals surface area contributed by atoms with Gasteiger partial charge in [-0.3, -0.25) is 0 Å². The predicted octanol–water partition coefficient (Wildman–Crippen LogP) is 1.21. The van der Waals surface area contributed by atoms with Gasteiger partial charge in [-0.15, -0.1) is 10.2 Å². The zero-order valence-electron chi connectivity index (χ0n) is 8.54. The average Bonchev–Trinajstić information content (AvgIpc) is 2.72. The molecule has 0 aliphatic rings. The Labute approximate surface area is 94.1 Å². The zero-order chi connectivity index (χ0) is 11.0. The predicted molar refractivity (Wildman–Crippen MR) is 64.3 cm³/mol. The topological polar surface area (TPSA) is 30.7 Å². The summed E-state index contributed by atoms with van der Waals surface area (Å²) in [6.45, 7) is 0. The van der Waals surface area contributed by atoms with Crippen molar-refractivity contribution >= 4 is 24.3 Å². The van der Waals surface area contributed by atoms with Crippen molar-refractivity contribution in [1.82, 2.24) is 15.0 Å². The van der Waals surface area contributed by atoms with Gasteiger partial charge in [-0.25, -0.2) is 0 Å². The summed E-state index contributed by atoms with van der Waals surface area (Å²) in [4.78, 5) is 1.60. The highest BCUT2D eigenvalue weighted by Crippen LogP contribution is 2.10. The van der Waals surface area contributed by atoms with Crippen molar-refractivity contribution in [1.29, 1.82) is 0 Å². The molecule has 0 amide bonds. The molecule has 1 heterocycles. The Morgan fingerprint density at radius 1 is 0.875 bits per heavy atom. The number of aromatic nitrogens is 3. The van der Waals surface area contributed by atoms with E-state index in [1.54, 1.807) is 4.80 Å². The Morgan fingerprint density at radius 3 is 2.19 bits per heavy atom. The van der Waals surface area contributed by atoms with E-state index in [0.29, 0.717) is 5.46 Å². The lowest BCUT2D eigenvalue weighted by molar-refractivity contribution is 0.766. The lowest BCUT2D eigenvalue weighted by Gasteiger charge is -1.99. The molecule has 0 N–H and O–H groups in total. The first kappa shape index (κ1) is 9.15. The van der Waals surface area contributed by atoms with Crippen molar-refractivity contribution < 1.29 is 0 Å². The van der Waals surface area contributed by atoms with E-state index in [-0.39, 0.29) is 0 Å². The molecule has 0 aliphatic heterocycles. The van der Waals surface area contributed by atoms with Crippen molar-refractivity contribution in [2.24, 2.45) is 0 Å². The van der Waals surface area contributed by atoms with E-state index in [4.69, 9.17) is 7.85 Å². The van der Waals surface area contributed by atoms with Gasteiger partial charge >= 0.3 is 0 Å². The second-order valence-electron chi connectivity index (χ2n) is 3.57. The molecular formula is C12H8BN3. The summed E-state index contributed by atoms with van der Waals surface area (Å²) in [5, 5.41) is 8.75. The molecule has 2 aromatic carbocycles. The van der Waals surface area contributed by atoms with Gasteiger partial charge in [-0.05, 0) is 24.3 Å². The molecule has 2 radical (unpaired) electrons. The second-order valence-corrected chi connectivity index (χ2v) is 3.57. The van der Waals surface area contributed by atoms with Gasteiger partial charge in [0.05, 0.1) is 5.69 Å². The molecule has 0 aliphatic carbocycles. The summed E-state index contributed by atoms with van der Waals surface area (Å²) >= 11 is 0. The van der Waals surface area contributed by atoms with Gasteiger partial charge in [0.1, 0.15) is 18.9 Å². The van der Waals surface area contributed by atoms with Crippen molar-refractivity contribution in [3.8, 4) is 5.69 Å². The van der Waals surface area contributed by atoms with E-state index >= 15 is 0 Å². The lowest BCUT2D eigenvalue weighted by atomic mass is 9.96. The van der Waals surface area contributed by atoms with Gasteiger partial charge in [0, 0.05) is 0 Å². The third-order valence-corrected chi connectivity index (χ3v) is 2.39.